The summed E-state index contributed by atoms with van der Waals surface area (Å²) in [6.45, 7) is 3.50. The first kappa shape index (κ1) is 18.1. The van der Waals surface area contributed by atoms with Crippen LogP contribution in [0.4, 0.5) is 0 Å². The number of ether oxygens (including phenoxy) is 2. The number of aliphatic hydroxyl groups is 1. The number of rotatable bonds is 5. The molecule has 3 heterocycles. The van der Waals surface area contributed by atoms with Gasteiger partial charge in [-0.05, 0) is 61.7 Å². The van der Waals surface area contributed by atoms with Crippen LogP contribution in [0, 0.1) is 5.92 Å². The average Bonchev–Trinajstić information content (AvgIpc) is 3.13. The minimum Gasteiger partial charge on any atom is -0.497 e. The summed E-state index contributed by atoms with van der Waals surface area (Å²) in [5, 5.41) is 10.6. The molecule has 0 unspecified atom stereocenters. The van der Waals surface area contributed by atoms with Gasteiger partial charge >= 0.3 is 0 Å². The highest BCUT2D eigenvalue weighted by Gasteiger charge is 2.28. The second-order valence-corrected chi connectivity index (χ2v) is 7.45. The Kier molecular flexibility index (Phi) is 5.18. The number of piperidine rings is 1. The zero-order chi connectivity index (χ0) is 18.8. The van der Waals surface area contributed by atoms with E-state index in [4.69, 9.17) is 9.47 Å². The van der Waals surface area contributed by atoms with Gasteiger partial charge in [-0.3, -0.25) is 4.90 Å². The molecule has 0 amide bonds. The van der Waals surface area contributed by atoms with Crippen LogP contribution in [0.15, 0.2) is 36.2 Å². The molecule has 6 nitrogen and oxygen atoms in total. The molecule has 1 saturated heterocycles. The largest absolute Gasteiger partial charge is 0.497 e. The first-order valence-corrected chi connectivity index (χ1v) is 9.52. The summed E-state index contributed by atoms with van der Waals surface area (Å²) in [5.41, 5.74) is 2.36. The van der Waals surface area contributed by atoms with Crippen LogP contribution in [-0.4, -0.2) is 52.9 Å². The van der Waals surface area contributed by atoms with E-state index in [1.807, 2.05) is 36.0 Å². The van der Waals surface area contributed by atoms with Gasteiger partial charge in [0.25, 0.3) is 0 Å². The number of aromatic nitrogens is 2. The van der Waals surface area contributed by atoms with E-state index in [0.717, 1.165) is 55.4 Å². The molecule has 6 heteroatoms. The van der Waals surface area contributed by atoms with Gasteiger partial charge in [-0.25, -0.2) is 4.98 Å². The summed E-state index contributed by atoms with van der Waals surface area (Å²) in [6, 6.07) is 5.91. The smallest absolute Gasteiger partial charge is 0.137 e. The molecule has 0 saturated carbocycles. The maximum absolute atomic E-state index is 10.6. The number of nitrogens with zero attached hydrogens (tertiary/aromatic N) is 3. The Bertz CT molecular complexity index is 822. The van der Waals surface area contributed by atoms with Crippen LogP contribution in [0.2, 0.25) is 0 Å². The number of hydrogen-bond donors (Lipinski definition) is 1. The van der Waals surface area contributed by atoms with Gasteiger partial charge in [0.1, 0.15) is 30.0 Å². The van der Waals surface area contributed by atoms with E-state index in [1.165, 1.54) is 5.57 Å². The fraction of sp³-hybridized carbons (Fsp3) is 0.476. The van der Waals surface area contributed by atoms with Gasteiger partial charge in [-0.15, -0.1) is 0 Å². The number of hydrogen-bond acceptors (Lipinski definition) is 5. The monoisotopic (exact) mass is 369 g/mol. The van der Waals surface area contributed by atoms with Crippen LogP contribution >= 0.6 is 0 Å². The number of aryl methyl sites for hydroxylation is 1. The maximum Gasteiger partial charge on any atom is 0.137 e. The average molecular weight is 369 g/mol. The molecule has 144 valence electrons. The third-order valence-electron chi connectivity index (χ3n) is 5.62. The highest BCUT2D eigenvalue weighted by molar-refractivity contribution is 5.64. The van der Waals surface area contributed by atoms with Crippen molar-refractivity contribution in [3.05, 3.63) is 47.6 Å². The Morgan fingerprint density at radius 2 is 2.15 bits per heavy atom. The molecule has 1 atom stereocenters. The molecular weight excluding hydrogens is 342 g/mol. The SMILES string of the molecule is COc1ccc2c(c1)C=C(CN1CCC([C@H](O)c3nccn3C)CC1)CO2. The number of fused-ring (bicyclic) bond motifs is 1. The van der Waals surface area contributed by atoms with Crippen molar-refractivity contribution in [1.82, 2.24) is 14.5 Å². The molecule has 0 bridgehead atoms. The van der Waals surface area contributed by atoms with E-state index in [-0.39, 0.29) is 5.92 Å². The van der Waals surface area contributed by atoms with E-state index >= 15 is 0 Å². The summed E-state index contributed by atoms with van der Waals surface area (Å²) in [6.07, 6.45) is 7.32. The number of aliphatic hydroxyl groups excluding tert-OH is 1. The van der Waals surface area contributed by atoms with Crippen molar-refractivity contribution in [2.45, 2.75) is 18.9 Å². The van der Waals surface area contributed by atoms with E-state index in [9.17, 15) is 5.11 Å². The fourth-order valence-corrected chi connectivity index (χ4v) is 4.01. The van der Waals surface area contributed by atoms with Crippen LogP contribution < -0.4 is 9.47 Å². The van der Waals surface area contributed by atoms with Crippen molar-refractivity contribution < 1.29 is 14.6 Å². The molecule has 2 aromatic rings. The Morgan fingerprint density at radius 3 is 2.85 bits per heavy atom. The van der Waals surface area contributed by atoms with Gasteiger partial charge in [0.2, 0.25) is 0 Å². The molecule has 0 spiro atoms. The molecule has 1 aromatic heterocycles. The van der Waals surface area contributed by atoms with Crippen LogP contribution in [0.5, 0.6) is 11.5 Å². The lowest BCUT2D eigenvalue weighted by Gasteiger charge is -2.34. The lowest BCUT2D eigenvalue weighted by atomic mass is 9.90. The quantitative estimate of drug-likeness (QED) is 0.878. The second kappa shape index (κ2) is 7.74. The predicted octanol–water partition coefficient (Wildman–Crippen LogP) is 2.65. The number of methoxy groups -OCH3 is 1. The second-order valence-electron chi connectivity index (χ2n) is 7.45. The summed E-state index contributed by atoms with van der Waals surface area (Å²) < 4.78 is 13.1. The third-order valence-corrected chi connectivity index (χ3v) is 5.62. The van der Waals surface area contributed by atoms with Gasteiger partial charge in [-0.1, -0.05) is 0 Å². The molecule has 0 radical (unpaired) electrons. The Balaban J connectivity index is 1.35. The maximum atomic E-state index is 10.6. The molecule has 1 fully saturated rings. The Labute approximate surface area is 160 Å². The van der Waals surface area contributed by atoms with Crippen molar-refractivity contribution in [3.63, 3.8) is 0 Å². The molecule has 1 aromatic carbocycles. The minimum atomic E-state index is -0.483. The molecular formula is C21H27N3O3. The summed E-state index contributed by atoms with van der Waals surface area (Å²) in [4.78, 5) is 6.75. The first-order chi connectivity index (χ1) is 13.1. The van der Waals surface area contributed by atoms with Crippen molar-refractivity contribution >= 4 is 6.08 Å². The van der Waals surface area contributed by atoms with Crippen molar-refractivity contribution in [2.24, 2.45) is 13.0 Å². The Hall–Kier alpha value is -2.31. The first-order valence-electron chi connectivity index (χ1n) is 9.52. The van der Waals surface area contributed by atoms with Crippen LogP contribution in [-0.2, 0) is 7.05 Å². The van der Waals surface area contributed by atoms with Gasteiger partial charge in [-0.2, -0.15) is 0 Å². The van der Waals surface area contributed by atoms with E-state index in [2.05, 4.69) is 16.0 Å². The molecule has 0 aliphatic carbocycles. The summed E-state index contributed by atoms with van der Waals surface area (Å²) in [7, 11) is 3.61. The van der Waals surface area contributed by atoms with Gasteiger partial charge in [0, 0.05) is 31.5 Å². The topological polar surface area (TPSA) is 59.8 Å². The highest BCUT2D eigenvalue weighted by atomic mass is 16.5. The number of likely N-dealkylation sites (tertiary alicyclic amines) is 1. The Morgan fingerprint density at radius 1 is 1.33 bits per heavy atom. The van der Waals surface area contributed by atoms with E-state index in [1.54, 1.807) is 13.3 Å². The lowest BCUT2D eigenvalue weighted by molar-refractivity contribution is 0.0530. The molecule has 4 rings (SSSR count). The summed E-state index contributed by atoms with van der Waals surface area (Å²) in [5.74, 6) is 2.79. The normalized spacial score (nSPS) is 19.1. The van der Waals surface area contributed by atoms with Crippen LogP contribution in [0.1, 0.15) is 30.3 Å². The molecule has 2 aliphatic heterocycles. The van der Waals surface area contributed by atoms with Crippen molar-refractivity contribution in [2.75, 3.05) is 33.4 Å². The molecule has 1 N–H and O–H groups in total. The molecule has 2 aliphatic rings. The van der Waals surface area contributed by atoms with Crippen LogP contribution in [0.3, 0.4) is 0 Å². The van der Waals surface area contributed by atoms with Gasteiger partial charge < -0.3 is 19.1 Å². The zero-order valence-electron chi connectivity index (χ0n) is 16.0. The highest BCUT2D eigenvalue weighted by Crippen LogP contribution is 2.32. The molecule has 27 heavy (non-hydrogen) atoms. The van der Waals surface area contributed by atoms with E-state index < -0.39 is 6.10 Å². The summed E-state index contributed by atoms with van der Waals surface area (Å²) >= 11 is 0. The van der Waals surface area contributed by atoms with Crippen molar-refractivity contribution in [1.29, 1.82) is 0 Å². The van der Waals surface area contributed by atoms with Gasteiger partial charge in [0.15, 0.2) is 0 Å². The fourth-order valence-electron chi connectivity index (χ4n) is 4.01. The third kappa shape index (κ3) is 3.87. The lowest BCUT2D eigenvalue weighted by Crippen LogP contribution is -2.38. The van der Waals surface area contributed by atoms with Crippen LogP contribution in [0.25, 0.3) is 6.08 Å². The van der Waals surface area contributed by atoms with E-state index in [0.29, 0.717) is 6.61 Å². The number of benzene rings is 1. The number of imidazole rings is 1. The van der Waals surface area contributed by atoms with Crippen molar-refractivity contribution in [3.8, 4) is 11.5 Å². The van der Waals surface area contributed by atoms with Gasteiger partial charge in [0.05, 0.1) is 7.11 Å². The predicted molar refractivity (Wildman–Crippen MR) is 104 cm³/mol. The minimum absolute atomic E-state index is 0.268. The standard InChI is InChI=1S/C21H27N3O3/c1-23-10-7-22-21(23)20(25)16-5-8-24(9-6-16)13-15-11-17-12-18(26-2)3-4-19(17)27-14-15/h3-4,7,10-12,16,20,25H,5-6,8-9,13-14H2,1-2H3/t20-/m0/s1. The zero-order valence-corrected chi connectivity index (χ0v) is 16.0.